The molecule has 1 aliphatic rings. The zero-order chi connectivity index (χ0) is 16.2. The lowest BCUT2D eigenvalue weighted by Gasteiger charge is -2.23. The van der Waals surface area contributed by atoms with Gasteiger partial charge in [0.2, 0.25) is 0 Å². The second kappa shape index (κ2) is 7.52. The van der Waals surface area contributed by atoms with Crippen LogP contribution in [0.1, 0.15) is 29.9 Å². The second-order valence-electron chi connectivity index (χ2n) is 5.74. The monoisotopic (exact) mass is 353 g/mol. The van der Waals surface area contributed by atoms with E-state index in [1.807, 2.05) is 18.2 Å². The fourth-order valence-corrected chi connectivity index (χ4v) is 3.16. The highest BCUT2D eigenvalue weighted by Crippen LogP contribution is 2.33. The summed E-state index contributed by atoms with van der Waals surface area (Å²) < 4.78 is 19.6. The summed E-state index contributed by atoms with van der Waals surface area (Å²) >= 11 is 12.0. The van der Waals surface area contributed by atoms with Gasteiger partial charge in [-0.15, -0.1) is 0 Å². The van der Waals surface area contributed by atoms with Gasteiger partial charge in [0.15, 0.2) is 0 Å². The van der Waals surface area contributed by atoms with Crippen molar-refractivity contribution in [3.8, 4) is 5.75 Å². The van der Waals surface area contributed by atoms with Crippen molar-refractivity contribution in [1.29, 1.82) is 0 Å². The first kappa shape index (κ1) is 16.6. The number of hydrogen-bond donors (Lipinski definition) is 1. The fraction of sp³-hybridized carbons (Fsp3) is 0.333. The number of ether oxygens (including phenoxy) is 1. The summed E-state index contributed by atoms with van der Waals surface area (Å²) in [6.45, 7) is 2.18. The van der Waals surface area contributed by atoms with Crippen LogP contribution < -0.4 is 10.1 Å². The van der Waals surface area contributed by atoms with Gasteiger partial charge in [-0.05, 0) is 61.7 Å². The lowest BCUT2D eigenvalue weighted by Crippen LogP contribution is -2.26. The van der Waals surface area contributed by atoms with Crippen molar-refractivity contribution in [2.75, 3.05) is 13.1 Å². The van der Waals surface area contributed by atoms with E-state index in [1.165, 1.54) is 11.6 Å². The maximum absolute atomic E-state index is 13.8. The van der Waals surface area contributed by atoms with E-state index in [4.69, 9.17) is 27.9 Å². The number of rotatable bonds is 4. The Kier molecular flexibility index (Phi) is 5.42. The summed E-state index contributed by atoms with van der Waals surface area (Å²) in [6.07, 6.45) is 2.21. The van der Waals surface area contributed by atoms with Crippen LogP contribution in [0.4, 0.5) is 4.39 Å². The van der Waals surface area contributed by atoms with Crippen LogP contribution in [0.2, 0.25) is 10.0 Å². The average Bonchev–Trinajstić information content (AvgIpc) is 2.56. The third-order valence-corrected chi connectivity index (χ3v) is 4.71. The van der Waals surface area contributed by atoms with Crippen LogP contribution in [0.5, 0.6) is 5.75 Å². The molecule has 1 saturated heterocycles. The molecular formula is C18H18Cl2FNO. The molecule has 1 aliphatic heterocycles. The molecule has 0 aromatic heterocycles. The first-order valence-electron chi connectivity index (χ1n) is 7.70. The molecule has 0 amide bonds. The zero-order valence-electron chi connectivity index (χ0n) is 12.6. The summed E-state index contributed by atoms with van der Waals surface area (Å²) in [5, 5.41) is 4.27. The molecule has 122 valence electrons. The Morgan fingerprint density at radius 2 is 1.87 bits per heavy atom. The van der Waals surface area contributed by atoms with Gasteiger partial charge < -0.3 is 10.1 Å². The largest absolute Gasteiger partial charge is 0.487 e. The van der Waals surface area contributed by atoms with Crippen LogP contribution in [0.15, 0.2) is 36.4 Å². The van der Waals surface area contributed by atoms with Crippen LogP contribution in [0, 0.1) is 5.82 Å². The lowest BCUT2D eigenvalue weighted by molar-refractivity contribution is 0.299. The minimum absolute atomic E-state index is 0.123. The minimum atomic E-state index is -0.372. The van der Waals surface area contributed by atoms with Crippen molar-refractivity contribution in [2.45, 2.75) is 25.4 Å². The van der Waals surface area contributed by atoms with Gasteiger partial charge in [0.25, 0.3) is 0 Å². The number of nitrogens with one attached hydrogen (secondary N) is 1. The Morgan fingerprint density at radius 3 is 2.61 bits per heavy atom. The Bertz CT molecular complexity index is 687. The number of halogens is 3. The van der Waals surface area contributed by atoms with Crippen molar-refractivity contribution in [3.05, 3.63) is 63.4 Å². The van der Waals surface area contributed by atoms with E-state index in [9.17, 15) is 4.39 Å². The molecule has 0 atom stereocenters. The number of benzene rings is 2. The Hall–Kier alpha value is -1.29. The molecule has 0 spiro atoms. The normalized spacial score (nSPS) is 15.6. The summed E-state index contributed by atoms with van der Waals surface area (Å²) in [6, 6.07) is 10.4. The molecule has 0 unspecified atom stereocenters. The van der Waals surface area contributed by atoms with Crippen LogP contribution in [0.3, 0.4) is 0 Å². The molecule has 2 aromatic rings. The SMILES string of the molecule is Fc1cc(Cl)ccc1COc1cc(C2CCNCC2)ccc1Cl. The molecule has 3 rings (SSSR count). The number of hydrogen-bond acceptors (Lipinski definition) is 2. The Balaban J connectivity index is 1.73. The maximum Gasteiger partial charge on any atom is 0.138 e. The highest BCUT2D eigenvalue weighted by Gasteiger charge is 2.17. The molecule has 0 saturated carbocycles. The van der Waals surface area contributed by atoms with E-state index in [0.29, 0.717) is 27.3 Å². The molecule has 1 fully saturated rings. The predicted molar refractivity (Wildman–Crippen MR) is 92.0 cm³/mol. The highest BCUT2D eigenvalue weighted by atomic mass is 35.5. The average molecular weight is 354 g/mol. The van der Waals surface area contributed by atoms with Crippen molar-refractivity contribution in [1.82, 2.24) is 5.32 Å². The van der Waals surface area contributed by atoms with E-state index in [2.05, 4.69) is 5.32 Å². The molecular weight excluding hydrogens is 336 g/mol. The van der Waals surface area contributed by atoms with Gasteiger partial charge in [-0.1, -0.05) is 35.3 Å². The Labute approximate surface area is 145 Å². The molecule has 2 aromatic carbocycles. The van der Waals surface area contributed by atoms with Gasteiger partial charge in [-0.2, -0.15) is 0 Å². The summed E-state index contributed by atoms with van der Waals surface area (Å²) in [5.41, 5.74) is 1.68. The van der Waals surface area contributed by atoms with Crippen molar-refractivity contribution < 1.29 is 9.13 Å². The quantitative estimate of drug-likeness (QED) is 0.817. The molecule has 0 bridgehead atoms. The molecule has 23 heavy (non-hydrogen) atoms. The minimum Gasteiger partial charge on any atom is -0.487 e. The Morgan fingerprint density at radius 1 is 1.09 bits per heavy atom. The summed E-state index contributed by atoms with van der Waals surface area (Å²) in [4.78, 5) is 0. The van der Waals surface area contributed by atoms with E-state index in [0.717, 1.165) is 25.9 Å². The first-order valence-corrected chi connectivity index (χ1v) is 8.46. The summed E-state index contributed by atoms with van der Waals surface area (Å²) in [7, 11) is 0. The second-order valence-corrected chi connectivity index (χ2v) is 6.58. The molecule has 1 heterocycles. The van der Waals surface area contributed by atoms with Crippen LogP contribution in [-0.4, -0.2) is 13.1 Å². The van der Waals surface area contributed by atoms with Crippen molar-refractivity contribution in [3.63, 3.8) is 0 Å². The van der Waals surface area contributed by atoms with Gasteiger partial charge in [0.1, 0.15) is 18.2 Å². The topological polar surface area (TPSA) is 21.3 Å². The third-order valence-electron chi connectivity index (χ3n) is 4.16. The standard InChI is InChI=1S/C18H18Cl2FNO/c19-15-3-1-14(17(21)10-15)11-23-18-9-13(2-4-16(18)20)12-5-7-22-8-6-12/h1-4,9-10,12,22H,5-8,11H2. The predicted octanol–water partition coefficient (Wildman–Crippen LogP) is 5.18. The van der Waals surface area contributed by atoms with E-state index < -0.39 is 0 Å². The molecule has 0 aliphatic carbocycles. The van der Waals surface area contributed by atoms with Crippen LogP contribution >= 0.6 is 23.2 Å². The van der Waals surface area contributed by atoms with E-state index in [-0.39, 0.29) is 12.4 Å². The third kappa shape index (κ3) is 4.17. The highest BCUT2D eigenvalue weighted by molar-refractivity contribution is 6.32. The van der Waals surface area contributed by atoms with E-state index in [1.54, 1.807) is 12.1 Å². The summed E-state index contributed by atoms with van der Waals surface area (Å²) in [5.74, 6) is 0.739. The van der Waals surface area contributed by atoms with Crippen LogP contribution in [-0.2, 0) is 6.61 Å². The van der Waals surface area contributed by atoms with Gasteiger partial charge in [0.05, 0.1) is 5.02 Å². The van der Waals surface area contributed by atoms with Gasteiger partial charge in [-0.3, -0.25) is 0 Å². The van der Waals surface area contributed by atoms with Gasteiger partial charge in [0, 0.05) is 10.6 Å². The van der Waals surface area contributed by atoms with Gasteiger partial charge >= 0.3 is 0 Å². The number of piperidine rings is 1. The van der Waals surface area contributed by atoms with E-state index >= 15 is 0 Å². The smallest absolute Gasteiger partial charge is 0.138 e. The maximum atomic E-state index is 13.8. The van der Waals surface area contributed by atoms with Gasteiger partial charge in [-0.25, -0.2) is 4.39 Å². The zero-order valence-corrected chi connectivity index (χ0v) is 14.1. The van der Waals surface area contributed by atoms with Crippen molar-refractivity contribution >= 4 is 23.2 Å². The molecule has 1 N–H and O–H groups in total. The molecule has 5 heteroatoms. The van der Waals surface area contributed by atoms with Crippen molar-refractivity contribution in [2.24, 2.45) is 0 Å². The van der Waals surface area contributed by atoms with Crippen LogP contribution in [0.25, 0.3) is 0 Å². The molecule has 2 nitrogen and oxygen atoms in total. The lowest BCUT2D eigenvalue weighted by atomic mass is 9.90. The first-order chi connectivity index (χ1) is 11.1. The molecule has 0 radical (unpaired) electrons. The fourth-order valence-electron chi connectivity index (χ4n) is 2.83.